The molecular formula is C20H17ClN4O2. The minimum atomic E-state index is -0.936. The summed E-state index contributed by atoms with van der Waals surface area (Å²) < 4.78 is 0. The van der Waals surface area contributed by atoms with Gasteiger partial charge in [0.05, 0.1) is 5.56 Å². The Balaban J connectivity index is 1.56. The van der Waals surface area contributed by atoms with E-state index in [9.17, 15) is 4.79 Å². The van der Waals surface area contributed by atoms with E-state index in [1.807, 2.05) is 24.3 Å². The van der Waals surface area contributed by atoms with E-state index in [2.05, 4.69) is 20.3 Å². The Morgan fingerprint density at radius 1 is 1.04 bits per heavy atom. The lowest BCUT2D eigenvalue weighted by Gasteiger charge is -2.09. The van der Waals surface area contributed by atoms with Crippen LogP contribution in [0.15, 0.2) is 48.5 Å². The summed E-state index contributed by atoms with van der Waals surface area (Å²) in [5, 5.41) is 12.9. The summed E-state index contributed by atoms with van der Waals surface area (Å²) in [6, 6.07) is 14.1. The Hall–Kier alpha value is -2.99. The third-order valence-electron chi connectivity index (χ3n) is 4.35. The normalized spacial score (nSPS) is 13.4. The number of carbonyl (C=O) groups is 1. The van der Waals surface area contributed by atoms with Crippen LogP contribution in [0.2, 0.25) is 5.02 Å². The fourth-order valence-electron chi connectivity index (χ4n) is 2.67. The Kier molecular flexibility index (Phi) is 4.73. The highest BCUT2D eigenvalue weighted by Crippen LogP contribution is 2.38. The van der Waals surface area contributed by atoms with Crippen LogP contribution in [0.5, 0.6) is 0 Å². The van der Waals surface area contributed by atoms with E-state index >= 15 is 0 Å². The minimum absolute atomic E-state index is 0.264. The molecule has 27 heavy (non-hydrogen) atoms. The number of benzene rings is 2. The molecule has 0 bridgehead atoms. The van der Waals surface area contributed by atoms with Gasteiger partial charge < -0.3 is 10.4 Å². The highest BCUT2D eigenvalue weighted by Gasteiger charge is 2.28. The molecule has 1 aromatic heterocycles. The van der Waals surface area contributed by atoms with Crippen LogP contribution in [0.1, 0.15) is 40.5 Å². The summed E-state index contributed by atoms with van der Waals surface area (Å²) >= 11 is 5.97. The van der Waals surface area contributed by atoms with Crippen molar-refractivity contribution in [1.82, 2.24) is 15.0 Å². The minimum Gasteiger partial charge on any atom is -0.478 e. The Labute approximate surface area is 161 Å². The molecular weight excluding hydrogens is 364 g/mol. The van der Waals surface area contributed by atoms with Gasteiger partial charge in [-0.15, -0.1) is 0 Å². The van der Waals surface area contributed by atoms with Crippen molar-refractivity contribution < 1.29 is 9.90 Å². The Bertz CT molecular complexity index is 970. The number of nitrogens with zero attached hydrogens (tertiary/aromatic N) is 3. The van der Waals surface area contributed by atoms with Gasteiger partial charge >= 0.3 is 5.97 Å². The smallest absolute Gasteiger partial charge is 0.335 e. The number of aromatic nitrogens is 3. The molecule has 2 N–H and O–H groups in total. The van der Waals surface area contributed by atoms with Crippen molar-refractivity contribution >= 4 is 23.5 Å². The lowest BCUT2D eigenvalue weighted by Crippen LogP contribution is -2.08. The number of nitrogens with one attached hydrogen (secondary N) is 1. The molecule has 3 aromatic rings. The van der Waals surface area contributed by atoms with Gasteiger partial charge in [0.25, 0.3) is 0 Å². The van der Waals surface area contributed by atoms with Gasteiger partial charge in [-0.2, -0.15) is 9.97 Å². The van der Waals surface area contributed by atoms with Crippen molar-refractivity contribution in [3.05, 3.63) is 70.5 Å². The standard InChI is InChI=1S/C20H17ClN4O2/c21-16-9-7-14(8-10-16)18-23-17(13-5-6-13)24-20(25-18)22-11-12-1-3-15(4-2-12)19(26)27/h1-4,7-10,13H,5-6,11H2,(H,26,27)(H,22,23,24,25). The lowest BCUT2D eigenvalue weighted by atomic mass is 10.1. The maximum absolute atomic E-state index is 10.9. The van der Waals surface area contributed by atoms with Crippen molar-refractivity contribution in [2.24, 2.45) is 0 Å². The predicted molar refractivity (Wildman–Crippen MR) is 103 cm³/mol. The average Bonchev–Trinajstić information content (AvgIpc) is 3.52. The predicted octanol–water partition coefficient (Wildman–Crippen LogP) is 4.38. The SMILES string of the molecule is O=C(O)c1ccc(CNc2nc(-c3ccc(Cl)cc3)nc(C3CC3)n2)cc1. The second-order valence-corrected chi connectivity index (χ2v) is 6.91. The van der Waals surface area contributed by atoms with E-state index in [4.69, 9.17) is 16.7 Å². The number of anilines is 1. The van der Waals surface area contributed by atoms with E-state index in [-0.39, 0.29) is 5.56 Å². The molecule has 0 aliphatic heterocycles. The van der Waals surface area contributed by atoms with Gasteiger partial charge in [0.15, 0.2) is 5.82 Å². The fraction of sp³-hybridized carbons (Fsp3) is 0.200. The number of hydrogen-bond acceptors (Lipinski definition) is 5. The maximum atomic E-state index is 10.9. The van der Waals surface area contributed by atoms with Gasteiger partial charge in [0.2, 0.25) is 5.95 Å². The second kappa shape index (κ2) is 7.32. The number of rotatable bonds is 6. The maximum Gasteiger partial charge on any atom is 0.335 e. The van der Waals surface area contributed by atoms with E-state index in [1.165, 1.54) is 0 Å². The molecule has 2 aromatic carbocycles. The van der Waals surface area contributed by atoms with E-state index in [1.54, 1.807) is 24.3 Å². The average molecular weight is 381 g/mol. The number of carboxylic acid groups (broad SMARTS) is 1. The van der Waals surface area contributed by atoms with Gasteiger partial charge in [-0.25, -0.2) is 9.78 Å². The molecule has 7 heteroatoms. The molecule has 1 heterocycles. The summed E-state index contributed by atoms with van der Waals surface area (Å²) in [5.41, 5.74) is 2.10. The number of halogens is 1. The number of aromatic carboxylic acids is 1. The molecule has 0 unspecified atom stereocenters. The molecule has 0 saturated heterocycles. The molecule has 6 nitrogen and oxygen atoms in total. The van der Waals surface area contributed by atoms with Crippen LogP contribution >= 0.6 is 11.6 Å². The summed E-state index contributed by atoms with van der Waals surface area (Å²) in [7, 11) is 0. The zero-order chi connectivity index (χ0) is 18.8. The highest BCUT2D eigenvalue weighted by atomic mass is 35.5. The van der Waals surface area contributed by atoms with E-state index in [0.29, 0.717) is 29.3 Å². The third-order valence-corrected chi connectivity index (χ3v) is 4.60. The molecule has 0 atom stereocenters. The molecule has 4 rings (SSSR count). The largest absolute Gasteiger partial charge is 0.478 e. The zero-order valence-electron chi connectivity index (χ0n) is 14.4. The Morgan fingerprint density at radius 2 is 1.74 bits per heavy atom. The molecule has 136 valence electrons. The van der Waals surface area contributed by atoms with E-state index in [0.717, 1.165) is 29.8 Å². The third kappa shape index (κ3) is 4.23. The van der Waals surface area contributed by atoms with Crippen LogP contribution in [0.4, 0.5) is 5.95 Å². The summed E-state index contributed by atoms with van der Waals surface area (Å²) in [6.07, 6.45) is 2.19. The monoisotopic (exact) mass is 380 g/mol. The van der Waals surface area contributed by atoms with Crippen molar-refractivity contribution in [2.45, 2.75) is 25.3 Å². The van der Waals surface area contributed by atoms with Gasteiger partial charge in [0, 0.05) is 23.0 Å². The Morgan fingerprint density at radius 3 is 2.37 bits per heavy atom. The van der Waals surface area contributed by atoms with Crippen LogP contribution in [0, 0.1) is 0 Å². The summed E-state index contributed by atoms with van der Waals surface area (Å²) in [6.45, 7) is 0.494. The van der Waals surface area contributed by atoms with Crippen molar-refractivity contribution in [2.75, 3.05) is 5.32 Å². The quantitative estimate of drug-likeness (QED) is 0.659. The van der Waals surface area contributed by atoms with E-state index < -0.39 is 5.97 Å². The molecule has 1 saturated carbocycles. The van der Waals surface area contributed by atoms with Crippen LogP contribution < -0.4 is 5.32 Å². The summed E-state index contributed by atoms with van der Waals surface area (Å²) in [5.74, 6) is 1.40. The van der Waals surface area contributed by atoms with Crippen LogP contribution in [-0.2, 0) is 6.54 Å². The van der Waals surface area contributed by atoms with Gasteiger partial charge in [-0.05, 0) is 54.8 Å². The van der Waals surface area contributed by atoms with Crippen molar-refractivity contribution in [3.8, 4) is 11.4 Å². The zero-order valence-corrected chi connectivity index (χ0v) is 15.1. The van der Waals surface area contributed by atoms with Gasteiger partial charge in [-0.1, -0.05) is 23.7 Å². The highest BCUT2D eigenvalue weighted by molar-refractivity contribution is 6.30. The molecule has 0 amide bonds. The molecule has 0 radical (unpaired) electrons. The first-order chi connectivity index (χ1) is 13.1. The van der Waals surface area contributed by atoms with Crippen molar-refractivity contribution in [1.29, 1.82) is 0 Å². The summed E-state index contributed by atoms with van der Waals surface area (Å²) in [4.78, 5) is 24.6. The molecule has 1 aliphatic rings. The number of hydrogen-bond donors (Lipinski definition) is 2. The second-order valence-electron chi connectivity index (χ2n) is 6.48. The molecule has 1 fully saturated rings. The van der Waals surface area contributed by atoms with Gasteiger partial charge in [0.1, 0.15) is 5.82 Å². The molecule has 1 aliphatic carbocycles. The van der Waals surface area contributed by atoms with Crippen LogP contribution in [0.3, 0.4) is 0 Å². The fourth-order valence-corrected chi connectivity index (χ4v) is 2.80. The first-order valence-corrected chi connectivity index (χ1v) is 9.04. The number of carboxylic acids is 1. The topological polar surface area (TPSA) is 88.0 Å². The lowest BCUT2D eigenvalue weighted by molar-refractivity contribution is 0.0697. The van der Waals surface area contributed by atoms with Crippen LogP contribution in [-0.4, -0.2) is 26.0 Å². The molecule has 0 spiro atoms. The van der Waals surface area contributed by atoms with Crippen molar-refractivity contribution in [3.63, 3.8) is 0 Å². The van der Waals surface area contributed by atoms with Crippen LogP contribution in [0.25, 0.3) is 11.4 Å². The van der Waals surface area contributed by atoms with Gasteiger partial charge in [-0.3, -0.25) is 0 Å². The first-order valence-electron chi connectivity index (χ1n) is 8.66. The first kappa shape index (κ1) is 17.4.